The van der Waals surface area contributed by atoms with Crippen LogP contribution in [0.15, 0.2) is 60.8 Å². The molecule has 1 amide bonds. The number of halogens is 1. The third kappa shape index (κ3) is 4.69. The third-order valence-corrected chi connectivity index (χ3v) is 5.90. The Hall–Kier alpha value is -2.63. The Bertz CT molecular complexity index is 960. The maximum absolute atomic E-state index is 12.8. The number of amides is 1. The van der Waals surface area contributed by atoms with Crippen molar-refractivity contribution >= 4 is 17.5 Å². The fourth-order valence-electron chi connectivity index (χ4n) is 3.97. The van der Waals surface area contributed by atoms with E-state index in [1.807, 2.05) is 31.2 Å². The molecule has 0 atom stereocenters. The van der Waals surface area contributed by atoms with Gasteiger partial charge in [-0.1, -0.05) is 41.9 Å². The molecule has 5 nitrogen and oxygen atoms in total. The van der Waals surface area contributed by atoms with Crippen molar-refractivity contribution in [3.8, 4) is 5.69 Å². The Balaban J connectivity index is 1.34. The van der Waals surface area contributed by atoms with Crippen LogP contribution in [-0.4, -0.2) is 34.8 Å². The van der Waals surface area contributed by atoms with Crippen molar-refractivity contribution in [3.05, 3.63) is 82.6 Å². The van der Waals surface area contributed by atoms with E-state index in [0.717, 1.165) is 43.9 Å². The zero-order valence-corrected chi connectivity index (χ0v) is 17.3. The Morgan fingerprint density at radius 1 is 1.14 bits per heavy atom. The minimum absolute atomic E-state index is 0.0424. The first-order valence-corrected chi connectivity index (χ1v) is 10.5. The summed E-state index contributed by atoms with van der Waals surface area (Å²) in [7, 11) is 0. The number of benzene rings is 2. The molecular weight excluding hydrogens is 384 g/mol. The molecule has 0 aliphatic carbocycles. The van der Waals surface area contributed by atoms with Gasteiger partial charge in [0.2, 0.25) is 0 Å². The van der Waals surface area contributed by atoms with Crippen LogP contribution in [0.2, 0.25) is 5.02 Å². The topological polar surface area (TPSA) is 51.4 Å². The molecular formula is C23H26ClN4O+. The number of carbonyl (C=O) groups excluding carboxylic acids is 1. The highest BCUT2D eigenvalue weighted by atomic mass is 35.5. The number of piperidine rings is 1. The second-order valence-electron chi connectivity index (χ2n) is 7.69. The highest BCUT2D eigenvalue weighted by molar-refractivity contribution is 6.30. The molecule has 0 bridgehead atoms. The molecule has 150 valence electrons. The Morgan fingerprint density at radius 3 is 2.52 bits per heavy atom. The molecule has 2 N–H and O–H groups in total. The molecule has 2 aromatic carbocycles. The van der Waals surface area contributed by atoms with Gasteiger partial charge in [0.15, 0.2) is 0 Å². The van der Waals surface area contributed by atoms with E-state index in [4.69, 9.17) is 11.6 Å². The normalized spacial score (nSPS) is 19.1. The molecule has 0 spiro atoms. The van der Waals surface area contributed by atoms with Crippen LogP contribution in [0, 0.1) is 6.92 Å². The summed E-state index contributed by atoms with van der Waals surface area (Å²) in [5.74, 6) is -0.0424. The zero-order chi connectivity index (χ0) is 20.2. The van der Waals surface area contributed by atoms with Gasteiger partial charge in [-0.25, -0.2) is 4.68 Å². The number of likely N-dealkylation sites (tertiary alicyclic amines) is 1. The maximum atomic E-state index is 12.8. The molecule has 0 unspecified atom stereocenters. The highest BCUT2D eigenvalue weighted by Gasteiger charge is 2.25. The van der Waals surface area contributed by atoms with Crippen LogP contribution >= 0.6 is 11.6 Å². The van der Waals surface area contributed by atoms with Crippen LogP contribution in [0.3, 0.4) is 0 Å². The third-order valence-electron chi connectivity index (χ3n) is 5.65. The minimum atomic E-state index is -0.0424. The van der Waals surface area contributed by atoms with E-state index in [1.165, 1.54) is 5.56 Å². The van der Waals surface area contributed by atoms with Gasteiger partial charge >= 0.3 is 0 Å². The van der Waals surface area contributed by atoms with E-state index in [0.29, 0.717) is 10.6 Å². The summed E-state index contributed by atoms with van der Waals surface area (Å²) >= 11 is 5.96. The first-order chi connectivity index (χ1) is 14.1. The van der Waals surface area contributed by atoms with Crippen molar-refractivity contribution in [2.75, 3.05) is 13.1 Å². The maximum Gasteiger partial charge on any atom is 0.254 e. The molecule has 6 heteroatoms. The van der Waals surface area contributed by atoms with E-state index in [9.17, 15) is 4.79 Å². The number of carbonyl (C=O) groups is 1. The molecule has 29 heavy (non-hydrogen) atoms. The van der Waals surface area contributed by atoms with Gasteiger partial charge in [0.05, 0.1) is 36.2 Å². The molecule has 1 fully saturated rings. The van der Waals surface area contributed by atoms with Crippen molar-refractivity contribution in [1.29, 1.82) is 0 Å². The van der Waals surface area contributed by atoms with Crippen molar-refractivity contribution < 1.29 is 9.69 Å². The number of nitrogens with zero attached hydrogens (tertiary/aromatic N) is 2. The van der Waals surface area contributed by atoms with Crippen LogP contribution in [-0.2, 0) is 6.54 Å². The molecule has 1 aliphatic heterocycles. The lowest BCUT2D eigenvalue weighted by Crippen LogP contribution is -3.12. The average molecular weight is 410 g/mol. The van der Waals surface area contributed by atoms with E-state index in [2.05, 4.69) is 40.7 Å². The fourth-order valence-corrected chi connectivity index (χ4v) is 4.10. The smallest absolute Gasteiger partial charge is 0.254 e. The van der Waals surface area contributed by atoms with Crippen molar-refractivity contribution in [2.45, 2.75) is 32.4 Å². The summed E-state index contributed by atoms with van der Waals surface area (Å²) in [4.78, 5) is 14.4. The Morgan fingerprint density at radius 2 is 1.83 bits per heavy atom. The van der Waals surface area contributed by atoms with E-state index in [-0.39, 0.29) is 11.9 Å². The van der Waals surface area contributed by atoms with Crippen molar-refractivity contribution in [1.82, 2.24) is 15.1 Å². The monoisotopic (exact) mass is 409 g/mol. The van der Waals surface area contributed by atoms with Crippen LogP contribution < -0.4 is 10.2 Å². The van der Waals surface area contributed by atoms with Gasteiger partial charge in [-0.2, -0.15) is 5.10 Å². The van der Waals surface area contributed by atoms with Crippen LogP contribution in [0.4, 0.5) is 0 Å². The first-order valence-electron chi connectivity index (χ1n) is 10.1. The van der Waals surface area contributed by atoms with Crippen molar-refractivity contribution in [3.63, 3.8) is 0 Å². The largest absolute Gasteiger partial charge is 0.349 e. The predicted molar refractivity (Wildman–Crippen MR) is 115 cm³/mol. The van der Waals surface area contributed by atoms with Crippen LogP contribution in [0.1, 0.15) is 34.5 Å². The minimum Gasteiger partial charge on any atom is -0.349 e. The second kappa shape index (κ2) is 8.80. The number of aromatic nitrogens is 2. The summed E-state index contributed by atoms with van der Waals surface area (Å²) in [6.45, 7) is 5.11. The molecule has 1 saturated heterocycles. The summed E-state index contributed by atoms with van der Waals surface area (Å²) < 4.78 is 1.78. The lowest BCUT2D eigenvalue weighted by Gasteiger charge is -2.29. The quantitative estimate of drug-likeness (QED) is 0.680. The summed E-state index contributed by atoms with van der Waals surface area (Å²) in [5, 5.41) is 8.28. The zero-order valence-electron chi connectivity index (χ0n) is 16.6. The summed E-state index contributed by atoms with van der Waals surface area (Å²) in [6, 6.07) is 18.3. The van der Waals surface area contributed by atoms with Gasteiger partial charge in [-0.3, -0.25) is 4.79 Å². The Kier molecular flexibility index (Phi) is 5.97. The number of hydrogen-bond acceptors (Lipinski definition) is 2. The summed E-state index contributed by atoms with van der Waals surface area (Å²) in [6.07, 6.45) is 3.64. The first kappa shape index (κ1) is 19.7. The van der Waals surface area contributed by atoms with E-state index < -0.39 is 0 Å². The molecule has 0 saturated carbocycles. The van der Waals surface area contributed by atoms with Gasteiger partial charge < -0.3 is 10.2 Å². The van der Waals surface area contributed by atoms with Crippen molar-refractivity contribution in [2.24, 2.45) is 0 Å². The summed E-state index contributed by atoms with van der Waals surface area (Å²) in [5.41, 5.74) is 3.72. The van der Waals surface area contributed by atoms with Gasteiger partial charge in [0, 0.05) is 29.5 Å². The predicted octanol–water partition coefficient (Wildman–Crippen LogP) is 2.81. The number of hydrogen-bond donors (Lipinski definition) is 2. The number of rotatable bonds is 5. The van der Waals surface area contributed by atoms with Gasteiger partial charge in [0.25, 0.3) is 5.91 Å². The molecule has 4 rings (SSSR count). The van der Waals surface area contributed by atoms with Crippen LogP contribution in [0.25, 0.3) is 5.69 Å². The number of quaternary nitrogens is 1. The standard InChI is InChI=1S/C23H25ClN4O/c1-17-22(15-25-28(17)21-9-7-19(24)8-10-21)23(29)26-20-11-13-27(14-12-20)16-18-5-3-2-4-6-18/h2-10,15,20H,11-14,16H2,1H3,(H,26,29)/p+1. The molecule has 1 aromatic heterocycles. The molecule has 3 aromatic rings. The SMILES string of the molecule is Cc1c(C(=O)NC2CC[NH+](Cc3ccccc3)CC2)cnn1-c1ccc(Cl)cc1. The Labute approximate surface area is 176 Å². The van der Waals surface area contributed by atoms with E-state index in [1.54, 1.807) is 15.8 Å². The second-order valence-corrected chi connectivity index (χ2v) is 8.13. The fraction of sp³-hybridized carbons (Fsp3) is 0.304. The number of nitrogens with one attached hydrogen (secondary N) is 2. The highest BCUT2D eigenvalue weighted by Crippen LogP contribution is 2.17. The molecule has 1 aliphatic rings. The van der Waals surface area contributed by atoms with Gasteiger partial charge in [-0.15, -0.1) is 0 Å². The molecule has 2 heterocycles. The molecule has 0 radical (unpaired) electrons. The van der Waals surface area contributed by atoms with Crippen LogP contribution in [0.5, 0.6) is 0 Å². The van der Waals surface area contributed by atoms with Gasteiger partial charge in [0.1, 0.15) is 6.54 Å². The lowest BCUT2D eigenvalue weighted by atomic mass is 10.0. The van der Waals surface area contributed by atoms with Gasteiger partial charge in [-0.05, 0) is 31.2 Å². The van der Waals surface area contributed by atoms with E-state index >= 15 is 0 Å². The average Bonchev–Trinajstić information content (AvgIpc) is 3.12. The lowest BCUT2D eigenvalue weighted by molar-refractivity contribution is -0.918.